The van der Waals surface area contributed by atoms with Crippen LogP contribution in [-0.2, 0) is 11.3 Å². The van der Waals surface area contributed by atoms with Crippen LogP contribution in [0.5, 0.6) is 0 Å². The Kier molecular flexibility index (Phi) is 4.81. The van der Waals surface area contributed by atoms with Gasteiger partial charge in [-0.2, -0.15) is 0 Å². The Morgan fingerprint density at radius 3 is 2.86 bits per heavy atom. The molecule has 0 aliphatic heterocycles. The zero-order valence-electron chi connectivity index (χ0n) is 11.4. The van der Waals surface area contributed by atoms with Crippen LogP contribution in [0.4, 0.5) is 10.5 Å². The van der Waals surface area contributed by atoms with Gasteiger partial charge in [0.15, 0.2) is 0 Å². The number of hydrogen-bond donors (Lipinski definition) is 2. The molecule has 0 aromatic carbocycles. The lowest BCUT2D eigenvalue weighted by Crippen LogP contribution is -2.23. The number of amides is 2. The molecule has 0 aliphatic rings. The maximum atomic E-state index is 12.1. The average molecular weight is 286 g/mol. The topological polar surface area (TPSA) is 93.2 Å². The van der Waals surface area contributed by atoms with Gasteiger partial charge in [0.2, 0.25) is 0 Å². The van der Waals surface area contributed by atoms with Gasteiger partial charge in [-0.1, -0.05) is 0 Å². The summed E-state index contributed by atoms with van der Waals surface area (Å²) >= 11 is 0. The molecule has 0 bridgehead atoms. The summed E-state index contributed by atoms with van der Waals surface area (Å²) in [4.78, 5) is 31.1. The molecule has 2 heterocycles. The molecule has 7 heteroatoms. The molecule has 21 heavy (non-hydrogen) atoms. The number of hydrogen-bond acceptors (Lipinski definition) is 5. The van der Waals surface area contributed by atoms with Gasteiger partial charge in [-0.05, 0) is 24.3 Å². The minimum atomic E-state index is -0.554. The van der Waals surface area contributed by atoms with Crippen molar-refractivity contribution in [3.63, 3.8) is 0 Å². The predicted octanol–water partition coefficient (Wildman–Crippen LogP) is 1.58. The first-order valence-electron chi connectivity index (χ1n) is 6.17. The van der Waals surface area contributed by atoms with Gasteiger partial charge >= 0.3 is 6.09 Å². The molecule has 0 radical (unpaired) electrons. The number of aromatic nitrogens is 2. The summed E-state index contributed by atoms with van der Waals surface area (Å²) in [5, 5.41) is 5.22. The predicted molar refractivity (Wildman–Crippen MR) is 75.7 cm³/mol. The summed E-state index contributed by atoms with van der Waals surface area (Å²) < 4.78 is 4.46. The maximum absolute atomic E-state index is 12.1. The number of rotatable bonds is 4. The number of nitrogens with zero attached hydrogens (tertiary/aromatic N) is 2. The standard InChI is InChI=1S/C14H14N4O3/c1-21-14(20)17-9-12-7-10(4-6-16-12)13(19)18-11-3-2-5-15-8-11/h2-8H,9H2,1H3,(H,17,20)(H,18,19). The van der Waals surface area contributed by atoms with E-state index in [4.69, 9.17) is 0 Å². The van der Waals surface area contributed by atoms with Crippen molar-refractivity contribution in [2.75, 3.05) is 12.4 Å². The molecule has 0 saturated carbocycles. The normalized spacial score (nSPS) is 9.76. The Balaban J connectivity index is 2.03. The summed E-state index contributed by atoms with van der Waals surface area (Å²) in [5.74, 6) is -0.273. The summed E-state index contributed by atoms with van der Waals surface area (Å²) in [6.45, 7) is 0.181. The molecule has 2 N–H and O–H groups in total. The Morgan fingerprint density at radius 2 is 2.14 bits per heavy atom. The molecule has 108 valence electrons. The number of ether oxygens (including phenoxy) is 1. The highest BCUT2D eigenvalue weighted by molar-refractivity contribution is 6.04. The summed E-state index contributed by atoms with van der Waals surface area (Å²) in [5.41, 5.74) is 1.60. The second-order valence-electron chi connectivity index (χ2n) is 4.08. The first-order chi connectivity index (χ1) is 10.2. The molecular weight excluding hydrogens is 272 g/mol. The van der Waals surface area contributed by atoms with Crippen LogP contribution in [0.25, 0.3) is 0 Å². The van der Waals surface area contributed by atoms with E-state index < -0.39 is 6.09 Å². The minimum absolute atomic E-state index is 0.181. The van der Waals surface area contributed by atoms with Gasteiger partial charge in [0.25, 0.3) is 5.91 Å². The number of carbonyl (C=O) groups is 2. The smallest absolute Gasteiger partial charge is 0.407 e. The quantitative estimate of drug-likeness (QED) is 0.890. The van der Waals surface area contributed by atoms with Crippen molar-refractivity contribution in [3.8, 4) is 0 Å². The van der Waals surface area contributed by atoms with Crippen LogP contribution in [0.2, 0.25) is 0 Å². The van der Waals surface area contributed by atoms with E-state index in [1.165, 1.54) is 13.3 Å². The van der Waals surface area contributed by atoms with E-state index in [1.807, 2.05) is 0 Å². The van der Waals surface area contributed by atoms with Crippen LogP contribution in [0.1, 0.15) is 16.1 Å². The van der Waals surface area contributed by atoms with E-state index in [2.05, 4.69) is 25.3 Å². The monoisotopic (exact) mass is 286 g/mol. The van der Waals surface area contributed by atoms with Crippen molar-refractivity contribution in [1.29, 1.82) is 0 Å². The first kappa shape index (κ1) is 14.4. The molecular formula is C14H14N4O3. The third-order valence-corrected chi connectivity index (χ3v) is 2.60. The van der Waals surface area contributed by atoms with E-state index in [0.717, 1.165) is 0 Å². The van der Waals surface area contributed by atoms with Crippen molar-refractivity contribution in [3.05, 3.63) is 54.1 Å². The van der Waals surface area contributed by atoms with E-state index in [0.29, 0.717) is 16.9 Å². The fraction of sp³-hybridized carbons (Fsp3) is 0.143. The van der Waals surface area contributed by atoms with Crippen LogP contribution in [-0.4, -0.2) is 29.1 Å². The summed E-state index contributed by atoms with van der Waals surface area (Å²) in [7, 11) is 1.28. The molecule has 2 aromatic rings. The third kappa shape index (κ3) is 4.27. The highest BCUT2D eigenvalue weighted by atomic mass is 16.5. The van der Waals surface area contributed by atoms with Crippen molar-refractivity contribution in [2.45, 2.75) is 6.54 Å². The molecule has 0 spiro atoms. The number of alkyl carbamates (subject to hydrolysis) is 1. The Bertz CT molecular complexity index is 631. The van der Waals surface area contributed by atoms with E-state index in [9.17, 15) is 9.59 Å². The summed E-state index contributed by atoms with van der Waals surface area (Å²) in [6.07, 6.45) is 4.13. The van der Waals surface area contributed by atoms with Gasteiger partial charge in [-0.25, -0.2) is 4.79 Å². The molecule has 0 unspecified atom stereocenters. The van der Waals surface area contributed by atoms with E-state index in [1.54, 1.807) is 36.7 Å². The minimum Gasteiger partial charge on any atom is -0.453 e. The third-order valence-electron chi connectivity index (χ3n) is 2.60. The van der Waals surface area contributed by atoms with Crippen LogP contribution >= 0.6 is 0 Å². The molecule has 2 aromatic heterocycles. The largest absolute Gasteiger partial charge is 0.453 e. The summed E-state index contributed by atoms with van der Waals surface area (Å²) in [6, 6.07) is 6.66. The van der Waals surface area contributed by atoms with E-state index >= 15 is 0 Å². The van der Waals surface area contributed by atoms with Gasteiger partial charge < -0.3 is 15.4 Å². The lowest BCUT2D eigenvalue weighted by molar-refractivity contribution is 0.102. The van der Waals surface area contributed by atoms with Gasteiger partial charge in [0.1, 0.15) is 0 Å². The van der Waals surface area contributed by atoms with Crippen LogP contribution in [0.3, 0.4) is 0 Å². The second kappa shape index (κ2) is 6.99. The van der Waals surface area contributed by atoms with Crippen LogP contribution < -0.4 is 10.6 Å². The lowest BCUT2D eigenvalue weighted by atomic mass is 10.2. The zero-order chi connectivity index (χ0) is 15.1. The lowest BCUT2D eigenvalue weighted by Gasteiger charge is -2.07. The fourth-order valence-electron chi connectivity index (χ4n) is 1.59. The zero-order valence-corrected chi connectivity index (χ0v) is 11.4. The maximum Gasteiger partial charge on any atom is 0.407 e. The van der Waals surface area contributed by atoms with Crippen LogP contribution in [0.15, 0.2) is 42.9 Å². The molecule has 0 saturated heterocycles. The van der Waals surface area contributed by atoms with Crippen molar-refractivity contribution in [1.82, 2.24) is 15.3 Å². The molecule has 7 nitrogen and oxygen atoms in total. The van der Waals surface area contributed by atoms with Gasteiger partial charge in [-0.15, -0.1) is 0 Å². The second-order valence-corrected chi connectivity index (χ2v) is 4.08. The number of anilines is 1. The fourth-order valence-corrected chi connectivity index (χ4v) is 1.59. The Labute approximate surface area is 121 Å². The SMILES string of the molecule is COC(=O)NCc1cc(C(=O)Nc2cccnc2)ccn1. The van der Waals surface area contributed by atoms with Gasteiger partial charge in [0, 0.05) is 18.0 Å². The van der Waals surface area contributed by atoms with Crippen LogP contribution in [0, 0.1) is 0 Å². The molecule has 2 rings (SSSR count). The Morgan fingerprint density at radius 1 is 1.29 bits per heavy atom. The number of carbonyl (C=O) groups excluding carboxylic acids is 2. The highest BCUT2D eigenvalue weighted by Gasteiger charge is 2.08. The van der Waals surface area contributed by atoms with Gasteiger partial charge in [-0.3, -0.25) is 14.8 Å². The molecule has 0 atom stereocenters. The number of pyridine rings is 2. The Hall–Kier alpha value is -2.96. The van der Waals surface area contributed by atoms with Gasteiger partial charge in [0.05, 0.1) is 31.2 Å². The molecule has 0 aliphatic carbocycles. The average Bonchev–Trinajstić information content (AvgIpc) is 2.53. The molecule has 2 amide bonds. The first-order valence-corrected chi connectivity index (χ1v) is 6.17. The van der Waals surface area contributed by atoms with Crippen molar-refractivity contribution < 1.29 is 14.3 Å². The van der Waals surface area contributed by atoms with Crippen molar-refractivity contribution in [2.24, 2.45) is 0 Å². The molecule has 0 fully saturated rings. The highest BCUT2D eigenvalue weighted by Crippen LogP contribution is 2.08. The number of nitrogens with one attached hydrogen (secondary N) is 2. The number of methoxy groups -OCH3 is 1. The van der Waals surface area contributed by atoms with E-state index in [-0.39, 0.29) is 12.5 Å². The van der Waals surface area contributed by atoms with Crippen molar-refractivity contribution >= 4 is 17.7 Å².